The third kappa shape index (κ3) is 2.94. The van der Waals surface area contributed by atoms with E-state index in [1.807, 2.05) is 0 Å². The number of carbonyl (C=O) groups excluding carboxylic acids is 1. The molecule has 1 amide bonds. The van der Waals surface area contributed by atoms with Gasteiger partial charge in [0.15, 0.2) is 0 Å². The summed E-state index contributed by atoms with van der Waals surface area (Å²) in [5.41, 5.74) is 6.45. The van der Waals surface area contributed by atoms with Crippen molar-refractivity contribution in [1.82, 2.24) is 0 Å². The summed E-state index contributed by atoms with van der Waals surface area (Å²) < 4.78 is 61.5. The molecule has 0 aliphatic rings. The lowest BCUT2D eigenvalue weighted by Crippen LogP contribution is -2.47. The third-order valence-corrected chi connectivity index (χ3v) is 2.50. The molecule has 0 heterocycles. The van der Waals surface area contributed by atoms with Crippen molar-refractivity contribution in [2.24, 2.45) is 0 Å². The van der Waals surface area contributed by atoms with Crippen LogP contribution in [-0.2, 0) is 4.79 Å². The second-order valence-electron chi connectivity index (χ2n) is 4.05. The Morgan fingerprint density at radius 2 is 1.63 bits per heavy atom. The number of hydrogen-bond acceptors (Lipinski definition) is 2. The number of alkyl halides is 5. The summed E-state index contributed by atoms with van der Waals surface area (Å²) in [5.74, 6) is -7.90. The minimum Gasteiger partial charge on any atom is -0.398 e. The quantitative estimate of drug-likeness (QED) is 0.647. The minimum atomic E-state index is -5.94. The van der Waals surface area contributed by atoms with Crippen molar-refractivity contribution in [3.8, 4) is 0 Å². The van der Waals surface area contributed by atoms with Gasteiger partial charge >= 0.3 is 18.0 Å². The molecule has 0 unspecified atom stereocenters. The molecule has 106 valence electrons. The van der Waals surface area contributed by atoms with Crippen molar-refractivity contribution in [3.05, 3.63) is 23.3 Å². The van der Waals surface area contributed by atoms with Crippen LogP contribution in [0.5, 0.6) is 0 Å². The number of nitrogens with one attached hydrogen (secondary N) is 1. The maximum Gasteiger partial charge on any atom is 0.463 e. The van der Waals surface area contributed by atoms with Crippen LogP contribution in [0.4, 0.5) is 33.3 Å². The van der Waals surface area contributed by atoms with Gasteiger partial charge in [-0.05, 0) is 31.0 Å². The molecule has 0 aromatic heterocycles. The lowest BCUT2D eigenvalue weighted by molar-refractivity contribution is -0.267. The summed E-state index contributed by atoms with van der Waals surface area (Å²) in [5, 5.41) is 1.54. The zero-order chi connectivity index (χ0) is 15.0. The molecule has 0 spiro atoms. The van der Waals surface area contributed by atoms with Gasteiger partial charge in [-0.15, -0.1) is 0 Å². The predicted octanol–water partition coefficient (Wildman–Crippen LogP) is 3.02. The molecule has 3 N–H and O–H groups in total. The zero-order valence-electron chi connectivity index (χ0n) is 10.0. The predicted molar refractivity (Wildman–Crippen MR) is 60.0 cm³/mol. The number of aryl methyl sites for hydroxylation is 2. The zero-order valence-corrected chi connectivity index (χ0v) is 10.0. The van der Waals surface area contributed by atoms with E-state index in [2.05, 4.69) is 0 Å². The van der Waals surface area contributed by atoms with Gasteiger partial charge in [0.25, 0.3) is 0 Å². The lowest BCUT2D eigenvalue weighted by atomic mass is 10.1. The molecule has 0 saturated carbocycles. The van der Waals surface area contributed by atoms with E-state index in [0.29, 0.717) is 11.1 Å². The first kappa shape index (κ1) is 15.2. The van der Waals surface area contributed by atoms with Crippen LogP contribution < -0.4 is 11.1 Å². The van der Waals surface area contributed by atoms with Gasteiger partial charge in [-0.1, -0.05) is 6.07 Å². The fourth-order valence-corrected chi connectivity index (χ4v) is 1.33. The maximum atomic E-state index is 12.8. The molecule has 0 aliphatic carbocycles. The van der Waals surface area contributed by atoms with E-state index in [-0.39, 0.29) is 11.4 Å². The molecule has 0 bridgehead atoms. The number of carbonyl (C=O) groups is 1. The highest BCUT2D eigenvalue weighted by molar-refractivity contribution is 5.97. The summed E-state index contributed by atoms with van der Waals surface area (Å²) in [6.45, 7) is 3.09. The Kier molecular flexibility index (Phi) is 3.74. The highest BCUT2D eigenvalue weighted by Gasteiger charge is 2.63. The maximum absolute atomic E-state index is 12.8. The first-order chi connectivity index (χ1) is 8.46. The average Bonchev–Trinajstić information content (AvgIpc) is 2.24. The van der Waals surface area contributed by atoms with Crippen LogP contribution in [0.15, 0.2) is 12.1 Å². The molecule has 0 fully saturated rings. The SMILES string of the molecule is Cc1cc(C)c(NC(=O)C(F)(F)C(F)(F)F)cc1N. The van der Waals surface area contributed by atoms with Crippen molar-refractivity contribution in [1.29, 1.82) is 0 Å². The first-order valence-corrected chi connectivity index (χ1v) is 5.09. The second-order valence-corrected chi connectivity index (χ2v) is 4.05. The Labute approximate surface area is 105 Å². The van der Waals surface area contributed by atoms with E-state index < -0.39 is 18.0 Å². The summed E-state index contributed by atoms with van der Waals surface area (Å²) in [4.78, 5) is 11.0. The average molecular weight is 282 g/mol. The molecular weight excluding hydrogens is 271 g/mol. The minimum absolute atomic E-state index is 0.177. The molecule has 1 aromatic rings. The molecule has 0 atom stereocenters. The smallest absolute Gasteiger partial charge is 0.398 e. The van der Waals surface area contributed by atoms with Crippen LogP contribution in [0.1, 0.15) is 11.1 Å². The van der Waals surface area contributed by atoms with Gasteiger partial charge in [0, 0.05) is 11.4 Å². The van der Waals surface area contributed by atoms with Gasteiger partial charge in [-0.25, -0.2) is 0 Å². The molecule has 19 heavy (non-hydrogen) atoms. The first-order valence-electron chi connectivity index (χ1n) is 5.09. The number of nitrogens with two attached hydrogens (primary N) is 1. The normalized spacial score (nSPS) is 12.4. The van der Waals surface area contributed by atoms with Crippen molar-refractivity contribution in [2.45, 2.75) is 25.9 Å². The molecule has 0 radical (unpaired) electrons. The molecule has 0 aliphatic heterocycles. The Balaban J connectivity index is 3.05. The number of nitrogen functional groups attached to an aromatic ring is 1. The Morgan fingerprint density at radius 1 is 1.11 bits per heavy atom. The van der Waals surface area contributed by atoms with Gasteiger partial charge in [0.05, 0.1) is 0 Å². The van der Waals surface area contributed by atoms with Crippen LogP contribution in [-0.4, -0.2) is 18.0 Å². The Morgan fingerprint density at radius 3 is 2.11 bits per heavy atom. The van der Waals surface area contributed by atoms with Crippen molar-refractivity contribution >= 4 is 17.3 Å². The van der Waals surface area contributed by atoms with Crippen LogP contribution >= 0.6 is 0 Å². The van der Waals surface area contributed by atoms with Crippen LogP contribution in [0.25, 0.3) is 0 Å². The Bertz CT molecular complexity index is 511. The molecule has 1 rings (SSSR count). The lowest BCUT2D eigenvalue weighted by Gasteiger charge is -2.19. The van der Waals surface area contributed by atoms with Crippen molar-refractivity contribution in [2.75, 3.05) is 11.1 Å². The van der Waals surface area contributed by atoms with E-state index in [4.69, 9.17) is 5.73 Å². The molecule has 3 nitrogen and oxygen atoms in total. The van der Waals surface area contributed by atoms with Gasteiger partial charge in [-0.2, -0.15) is 22.0 Å². The number of rotatable bonds is 2. The molecule has 8 heteroatoms. The van der Waals surface area contributed by atoms with Crippen LogP contribution in [0.3, 0.4) is 0 Å². The highest BCUT2D eigenvalue weighted by atomic mass is 19.4. The van der Waals surface area contributed by atoms with E-state index in [1.165, 1.54) is 18.3 Å². The monoisotopic (exact) mass is 282 g/mol. The van der Waals surface area contributed by atoms with Crippen LogP contribution in [0, 0.1) is 13.8 Å². The number of halogens is 5. The van der Waals surface area contributed by atoms with Crippen LogP contribution in [0.2, 0.25) is 0 Å². The van der Waals surface area contributed by atoms with Gasteiger partial charge in [0.2, 0.25) is 0 Å². The summed E-state index contributed by atoms with van der Waals surface area (Å²) in [6, 6.07) is 2.60. The topological polar surface area (TPSA) is 55.1 Å². The number of benzene rings is 1. The summed E-state index contributed by atoms with van der Waals surface area (Å²) in [6.07, 6.45) is -5.94. The van der Waals surface area contributed by atoms with Gasteiger partial charge in [-0.3, -0.25) is 4.79 Å². The van der Waals surface area contributed by atoms with Crippen molar-refractivity contribution in [3.63, 3.8) is 0 Å². The van der Waals surface area contributed by atoms with E-state index >= 15 is 0 Å². The summed E-state index contributed by atoms with van der Waals surface area (Å²) in [7, 11) is 0. The fourth-order valence-electron chi connectivity index (χ4n) is 1.33. The van der Waals surface area contributed by atoms with Gasteiger partial charge in [0.1, 0.15) is 0 Å². The third-order valence-electron chi connectivity index (χ3n) is 2.50. The Hall–Kier alpha value is -1.86. The number of hydrogen-bond donors (Lipinski definition) is 2. The number of amides is 1. The van der Waals surface area contributed by atoms with E-state index in [0.717, 1.165) is 6.07 Å². The second kappa shape index (κ2) is 4.67. The van der Waals surface area contributed by atoms with E-state index in [9.17, 15) is 26.7 Å². The standard InChI is InChI=1S/C11H11F5N2O/c1-5-3-6(2)8(4-7(5)17)18-9(19)10(12,13)11(14,15)16/h3-4H,17H2,1-2H3,(H,18,19). The molecular formula is C11H11F5N2O. The molecule has 0 saturated heterocycles. The van der Waals surface area contributed by atoms with Crippen molar-refractivity contribution < 1.29 is 26.7 Å². The number of anilines is 2. The van der Waals surface area contributed by atoms with Gasteiger partial charge < -0.3 is 11.1 Å². The summed E-state index contributed by atoms with van der Waals surface area (Å²) >= 11 is 0. The highest BCUT2D eigenvalue weighted by Crippen LogP contribution is 2.36. The van der Waals surface area contributed by atoms with E-state index in [1.54, 1.807) is 6.92 Å². The largest absolute Gasteiger partial charge is 0.463 e. The molecule has 1 aromatic carbocycles. The fraction of sp³-hybridized carbons (Fsp3) is 0.364.